The van der Waals surface area contributed by atoms with Crippen LogP contribution in [0.2, 0.25) is 0 Å². The number of benzene rings is 2. The summed E-state index contributed by atoms with van der Waals surface area (Å²) in [4.78, 5) is 4.29. The van der Waals surface area contributed by atoms with Crippen molar-refractivity contribution in [2.75, 3.05) is 0 Å². The summed E-state index contributed by atoms with van der Waals surface area (Å²) in [5.74, 6) is 2.75. The van der Waals surface area contributed by atoms with Crippen LogP contribution in [-0.2, 0) is 0 Å². The fourth-order valence-corrected chi connectivity index (χ4v) is 1.83. The molecule has 18 heavy (non-hydrogen) atoms. The van der Waals surface area contributed by atoms with Crippen LogP contribution in [0, 0.1) is 12.3 Å². The maximum absolute atomic E-state index is 9.67. The van der Waals surface area contributed by atoms with Crippen LogP contribution in [0.1, 0.15) is 11.1 Å². The third kappa shape index (κ3) is 2.99. The second-order valence-corrected chi connectivity index (χ2v) is 4.57. The lowest BCUT2D eigenvalue weighted by atomic mass is 10.2. The Bertz CT molecular complexity index is 641. The Labute approximate surface area is 114 Å². The van der Waals surface area contributed by atoms with Gasteiger partial charge < -0.3 is 5.11 Å². The van der Waals surface area contributed by atoms with Gasteiger partial charge in [0, 0.05) is 21.8 Å². The summed E-state index contributed by atoms with van der Waals surface area (Å²) in [7, 11) is 0. The quantitative estimate of drug-likeness (QED) is 0.662. The van der Waals surface area contributed by atoms with E-state index in [1.165, 1.54) is 0 Å². The highest BCUT2D eigenvalue weighted by molar-refractivity contribution is 9.10. The molecule has 0 fully saturated rings. The molecule has 1 N–H and O–H groups in total. The van der Waals surface area contributed by atoms with Gasteiger partial charge in [0.2, 0.25) is 0 Å². The van der Waals surface area contributed by atoms with Gasteiger partial charge in [-0.15, -0.1) is 6.42 Å². The van der Waals surface area contributed by atoms with Crippen LogP contribution in [0.3, 0.4) is 0 Å². The average molecular weight is 300 g/mol. The molecule has 2 nitrogen and oxygen atoms in total. The monoisotopic (exact) mass is 299 g/mol. The van der Waals surface area contributed by atoms with Crippen LogP contribution in [-0.4, -0.2) is 11.3 Å². The first kappa shape index (κ1) is 12.4. The van der Waals surface area contributed by atoms with E-state index in [0.29, 0.717) is 5.56 Å². The SMILES string of the molecule is C#Cc1cccc(N=Cc2cc(Br)ccc2O)c1. The maximum atomic E-state index is 9.67. The second kappa shape index (κ2) is 5.52. The third-order valence-corrected chi connectivity index (χ3v) is 2.85. The van der Waals surface area contributed by atoms with Gasteiger partial charge in [-0.25, -0.2) is 0 Å². The van der Waals surface area contributed by atoms with Crippen LogP contribution in [0.4, 0.5) is 5.69 Å². The molecule has 88 valence electrons. The van der Waals surface area contributed by atoms with Gasteiger partial charge in [-0.05, 0) is 36.4 Å². The molecule has 2 rings (SSSR count). The van der Waals surface area contributed by atoms with Crippen LogP contribution in [0.25, 0.3) is 0 Å². The van der Waals surface area contributed by atoms with E-state index in [-0.39, 0.29) is 5.75 Å². The van der Waals surface area contributed by atoms with E-state index in [1.54, 1.807) is 24.4 Å². The Morgan fingerprint density at radius 2 is 2.06 bits per heavy atom. The van der Waals surface area contributed by atoms with Gasteiger partial charge in [-0.1, -0.05) is 27.9 Å². The molecule has 0 aliphatic heterocycles. The number of phenols is 1. The van der Waals surface area contributed by atoms with E-state index in [2.05, 4.69) is 26.8 Å². The second-order valence-electron chi connectivity index (χ2n) is 3.66. The lowest BCUT2D eigenvalue weighted by Gasteiger charge is -1.99. The highest BCUT2D eigenvalue weighted by atomic mass is 79.9. The molecule has 0 amide bonds. The summed E-state index contributed by atoms with van der Waals surface area (Å²) >= 11 is 3.35. The molecule has 2 aromatic carbocycles. The van der Waals surface area contributed by atoms with Crippen molar-refractivity contribution < 1.29 is 5.11 Å². The van der Waals surface area contributed by atoms with Crippen molar-refractivity contribution in [3.8, 4) is 18.1 Å². The lowest BCUT2D eigenvalue weighted by molar-refractivity contribution is 0.474. The minimum atomic E-state index is 0.190. The summed E-state index contributed by atoms with van der Waals surface area (Å²) in [6.07, 6.45) is 6.93. The molecule has 0 saturated carbocycles. The molecule has 0 saturated heterocycles. The van der Waals surface area contributed by atoms with Gasteiger partial charge >= 0.3 is 0 Å². The zero-order valence-electron chi connectivity index (χ0n) is 9.47. The maximum Gasteiger partial charge on any atom is 0.124 e. The van der Waals surface area contributed by atoms with Gasteiger partial charge in [0.15, 0.2) is 0 Å². The van der Waals surface area contributed by atoms with Crippen molar-refractivity contribution in [2.45, 2.75) is 0 Å². The smallest absolute Gasteiger partial charge is 0.124 e. The fraction of sp³-hybridized carbons (Fsp3) is 0. The highest BCUT2D eigenvalue weighted by Gasteiger charge is 1.98. The molecule has 0 aromatic heterocycles. The van der Waals surface area contributed by atoms with Crippen molar-refractivity contribution in [1.29, 1.82) is 0 Å². The normalized spacial score (nSPS) is 10.4. The number of hydrogen-bond acceptors (Lipinski definition) is 2. The molecule has 0 radical (unpaired) electrons. The predicted molar refractivity (Wildman–Crippen MR) is 77.4 cm³/mol. The zero-order valence-corrected chi connectivity index (χ0v) is 11.1. The molecule has 0 unspecified atom stereocenters. The van der Waals surface area contributed by atoms with Crippen LogP contribution >= 0.6 is 15.9 Å². The predicted octanol–water partition coefficient (Wildman–Crippen LogP) is 3.89. The van der Waals surface area contributed by atoms with Crippen molar-refractivity contribution in [2.24, 2.45) is 4.99 Å². The molecule has 0 heterocycles. The zero-order chi connectivity index (χ0) is 13.0. The summed E-state index contributed by atoms with van der Waals surface area (Å²) in [5, 5.41) is 9.67. The third-order valence-electron chi connectivity index (χ3n) is 2.36. The van der Waals surface area contributed by atoms with E-state index in [0.717, 1.165) is 15.7 Å². The Balaban J connectivity index is 2.30. The Morgan fingerprint density at radius 1 is 1.22 bits per heavy atom. The molecular weight excluding hydrogens is 290 g/mol. The first-order chi connectivity index (χ1) is 8.69. The Hall–Kier alpha value is -2.05. The van der Waals surface area contributed by atoms with Crippen LogP contribution in [0.15, 0.2) is 51.9 Å². The van der Waals surface area contributed by atoms with Gasteiger partial charge in [-0.3, -0.25) is 4.99 Å². The first-order valence-corrected chi connectivity index (χ1v) is 6.07. The van der Waals surface area contributed by atoms with Gasteiger partial charge in [0.1, 0.15) is 5.75 Å². The number of aliphatic imine (C=N–C) groups is 1. The van der Waals surface area contributed by atoms with E-state index in [1.807, 2.05) is 24.3 Å². The summed E-state index contributed by atoms with van der Waals surface area (Å²) in [6, 6.07) is 12.5. The summed E-state index contributed by atoms with van der Waals surface area (Å²) < 4.78 is 0.888. The van der Waals surface area contributed by atoms with Crippen molar-refractivity contribution in [3.05, 3.63) is 58.1 Å². The minimum absolute atomic E-state index is 0.190. The molecule has 0 atom stereocenters. The number of nitrogens with zero attached hydrogens (tertiary/aromatic N) is 1. The van der Waals surface area contributed by atoms with Crippen molar-refractivity contribution in [1.82, 2.24) is 0 Å². The van der Waals surface area contributed by atoms with Gasteiger partial charge in [0.05, 0.1) is 5.69 Å². The fourth-order valence-electron chi connectivity index (χ4n) is 1.45. The number of hydrogen-bond donors (Lipinski definition) is 1. The van der Waals surface area contributed by atoms with Crippen molar-refractivity contribution >= 4 is 27.8 Å². The van der Waals surface area contributed by atoms with E-state index in [9.17, 15) is 5.11 Å². The largest absolute Gasteiger partial charge is 0.507 e. The van der Waals surface area contributed by atoms with E-state index < -0.39 is 0 Å². The molecule has 2 aromatic rings. The molecule has 0 aliphatic carbocycles. The average Bonchev–Trinajstić information content (AvgIpc) is 2.40. The molecule has 0 bridgehead atoms. The number of terminal acetylenes is 1. The number of halogens is 1. The first-order valence-electron chi connectivity index (χ1n) is 5.28. The number of aromatic hydroxyl groups is 1. The Morgan fingerprint density at radius 3 is 2.83 bits per heavy atom. The van der Waals surface area contributed by atoms with Gasteiger partial charge in [-0.2, -0.15) is 0 Å². The topological polar surface area (TPSA) is 32.6 Å². The summed E-state index contributed by atoms with van der Waals surface area (Å²) in [6.45, 7) is 0. The number of phenolic OH excluding ortho intramolecular Hbond substituents is 1. The van der Waals surface area contributed by atoms with Crippen molar-refractivity contribution in [3.63, 3.8) is 0 Å². The van der Waals surface area contributed by atoms with Crippen LogP contribution in [0.5, 0.6) is 5.75 Å². The molecule has 3 heteroatoms. The molecular formula is C15H10BrNO. The molecule has 0 spiro atoms. The standard InChI is InChI=1S/C15H10BrNO/c1-2-11-4-3-5-14(8-11)17-10-12-9-13(16)6-7-15(12)18/h1,3-10,18H. The molecule has 0 aliphatic rings. The minimum Gasteiger partial charge on any atom is -0.507 e. The van der Waals surface area contributed by atoms with E-state index in [4.69, 9.17) is 6.42 Å². The Kier molecular flexibility index (Phi) is 3.81. The summed E-state index contributed by atoms with van der Waals surface area (Å²) in [5.41, 5.74) is 2.18. The van der Waals surface area contributed by atoms with Gasteiger partial charge in [0.25, 0.3) is 0 Å². The van der Waals surface area contributed by atoms with E-state index >= 15 is 0 Å². The highest BCUT2D eigenvalue weighted by Crippen LogP contribution is 2.21. The van der Waals surface area contributed by atoms with Crippen LogP contribution < -0.4 is 0 Å². The number of rotatable bonds is 2. The lowest BCUT2D eigenvalue weighted by Crippen LogP contribution is -1.82.